The van der Waals surface area contributed by atoms with E-state index in [2.05, 4.69) is 12.1 Å². The van der Waals surface area contributed by atoms with Crippen LogP contribution in [0, 0.1) is 0 Å². The molecule has 4 aromatic carbocycles. The Balaban J connectivity index is 1.46. The number of hydrogen-bond acceptors (Lipinski definition) is 5. The fourth-order valence-corrected chi connectivity index (χ4v) is 11.1. The lowest BCUT2D eigenvalue weighted by atomic mass is 9.76. The fraction of sp³-hybridized carbons (Fsp3) is 0.474. The van der Waals surface area contributed by atoms with Gasteiger partial charge in [-0.25, -0.2) is 0 Å². The van der Waals surface area contributed by atoms with Gasteiger partial charge in [0, 0.05) is 21.5 Å². The van der Waals surface area contributed by atoms with E-state index in [1.165, 1.54) is 37.7 Å². The summed E-state index contributed by atoms with van der Waals surface area (Å²) < 4.78 is 72.0. The Labute approximate surface area is 273 Å². The molecule has 0 radical (unpaired) electrons. The molecule has 0 atom stereocenters. The van der Waals surface area contributed by atoms with Crippen LogP contribution in [-0.2, 0) is 20.2 Å². The fourth-order valence-electron chi connectivity index (χ4n) is 8.66. The second-order valence-corrected chi connectivity index (χ2v) is 16.6. The van der Waals surface area contributed by atoms with Gasteiger partial charge in [-0.3, -0.25) is 4.55 Å². The lowest BCUT2D eigenvalue weighted by molar-refractivity contribution is 0.414. The van der Waals surface area contributed by atoms with Crippen molar-refractivity contribution in [3.63, 3.8) is 0 Å². The first kappa shape index (κ1) is 31.6. The maximum atomic E-state index is 15.0. The molecule has 0 heterocycles. The topological polar surface area (TPSA) is 97.7 Å². The number of rotatable bonds is 7. The first-order valence-electron chi connectivity index (χ1n) is 17.3. The minimum Gasteiger partial charge on any atom is -0.378 e. The molecule has 8 heteroatoms. The molecule has 6 nitrogen and oxygen atoms in total. The van der Waals surface area contributed by atoms with E-state index in [-0.39, 0.29) is 33.3 Å². The van der Waals surface area contributed by atoms with Gasteiger partial charge in [0.1, 0.15) is 9.79 Å². The van der Waals surface area contributed by atoms with Gasteiger partial charge in [0.25, 0.3) is 10.1 Å². The van der Waals surface area contributed by atoms with Crippen LogP contribution in [0.3, 0.4) is 0 Å². The van der Waals surface area contributed by atoms with Gasteiger partial charge in [-0.2, -0.15) is 16.8 Å². The van der Waals surface area contributed by atoms with E-state index >= 15 is 0 Å². The summed E-state index contributed by atoms with van der Waals surface area (Å²) in [7, 11) is -9.00. The molecule has 7 rings (SSSR count). The molecule has 1 N–H and O–H groups in total. The molecule has 3 aliphatic carbocycles. The zero-order chi connectivity index (χ0) is 31.9. The SMILES string of the molecule is O=S(=O)(O)c1c2ccccc2c(OS(=O)(=O)c2c(C3CCCCC3)cc(C3CCCCC3)cc2C2CCCCC2)c2ccccc12. The number of hydrogen-bond donors (Lipinski definition) is 1. The molecule has 244 valence electrons. The van der Waals surface area contributed by atoms with E-state index in [1.807, 2.05) is 0 Å². The summed E-state index contributed by atoms with van der Waals surface area (Å²) in [4.78, 5) is 0.101. The summed E-state index contributed by atoms with van der Waals surface area (Å²) in [5, 5.41) is 1.10. The van der Waals surface area contributed by atoms with Crippen LogP contribution in [0.25, 0.3) is 21.5 Å². The average Bonchev–Trinajstić information content (AvgIpc) is 3.08. The number of benzene rings is 4. The van der Waals surface area contributed by atoms with Gasteiger partial charge in [0.2, 0.25) is 0 Å². The highest BCUT2D eigenvalue weighted by Crippen LogP contribution is 2.48. The summed E-state index contributed by atoms with van der Waals surface area (Å²) in [6.45, 7) is 0. The van der Waals surface area contributed by atoms with E-state index in [0.717, 1.165) is 75.3 Å². The third kappa shape index (κ3) is 6.09. The largest absolute Gasteiger partial charge is 0.378 e. The van der Waals surface area contributed by atoms with Crippen LogP contribution in [0.4, 0.5) is 0 Å². The second-order valence-electron chi connectivity index (χ2n) is 13.8. The van der Waals surface area contributed by atoms with Gasteiger partial charge in [0.05, 0.1) is 0 Å². The Hall–Kier alpha value is -2.94. The molecular formula is C38H44O6S2. The van der Waals surface area contributed by atoms with Gasteiger partial charge in [0.15, 0.2) is 5.75 Å². The van der Waals surface area contributed by atoms with Crippen molar-refractivity contribution in [2.24, 2.45) is 0 Å². The molecule has 0 amide bonds. The van der Waals surface area contributed by atoms with Crippen molar-refractivity contribution >= 4 is 41.8 Å². The molecule has 3 saturated carbocycles. The minimum atomic E-state index is -4.63. The van der Waals surface area contributed by atoms with Crippen LogP contribution >= 0.6 is 0 Å². The van der Waals surface area contributed by atoms with E-state index in [9.17, 15) is 21.4 Å². The van der Waals surface area contributed by atoms with Crippen LogP contribution in [0.2, 0.25) is 0 Å². The highest BCUT2D eigenvalue weighted by molar-refractivity contribution is 7.87. The predicted octanol–water partition coefficient (Wildman–Crippen LogP) is 10.2. The highest BCUT2D eigenvalue weighted by Gasteiger charge is 2.35. The van der Waals surface area contributed by atoms with Crippen molar-refractivity contribution in [3.05, 3.63) is 77.4 Å². The van der Waals surface area contributed by atoms with Crippen molar-refractivity contribution in [1.82, 2.24) is 0 Å². The number of fused-ring (bicyclic) bond motifs is 2. The third-order valence-corrected chi connectivity index (χ3v) is 13.2. The summed E-state index contributed by atoms with van der Waals surface area (Å²) in [5.74, 6) is 0.864. The lowest BCUT2D eigenvalue weighted by Gasteiger charge is -2.32. The van der Waals surface area contributed by atoms with Gasteiger partial charge < -0.3 is 4.18 Å². The summed E-state index contributed by atoms with van der Waals surface area (Å²) in [5.41, 5.74) is 3.14. The molecule has 0 aliphatic heterocycles. The van der Waals surface area contributed by atoms with E-state index < -0.39 is 20.2 Å². The van der Waals surface area contributed by atoms with Crippen LogP contribution in [0.5, 0.6) is 5.75 Å². The molecule has 0 saturated heterocycles. The lowest BCUT2D eigenvalue weighted by Crippen LogP contribution is -2.21. The predicted molar refractivity (Wildman–Crippen MR) is 183 cm³/mol. The molecule has 0 unspecified atom stereocenters. The maximum Gasteiger partial charge on any atom is 0.339 e. The Morgan fingerprint density at radius 1 is 0.522 bits per heavy atom. The monoisotopic (exact) mass is 660 g/mol. The Kier molecular flexibility index (Phi) is 8.89. The Morgan fingerprint density at radius 3 is 1.33 bits per heavy atom. The molecule has 46 heavy (non-hydrogen) atoms. The summed E-state index contributed by atoms with van der Waals surface area (Å²) in [6, 6.07) is 17.8. The van der Waals surface area contributed by atoms with E-state index in [1.54, 1.807) is 48.5 Å². The molecule has 4 aromatic rings. The van der Waals surface area contributed by atoms with Gasteiger partial charge in [-0.15, -0.1) is 0 Å². The first-order chi connectivity index (χ1) is 22.2. The summed E-state index contributed by atoms with van der Waals surface area (Å²) in [6.07, 6.45) is 16.5. The average molecular weight is 661 g/mol. The van der Waals surface area contributed by atoms with Gasteiger partial charge >= 0.3 is 10.1 Å². The van der Waals surface area contributed by atoms with E-state index in [4.69, 9.17) is 4.18 Å². The molecule has 3 aliphatic rings. The molecule has 0 aromatic heterocycles. The van der Waals surface area contributed by atoms with Crippen molar-refractivity contribution in [2.75, 3.05) is 0 Å². The zero-order valence-electron chi connectivity index (χ0n) is 26.4. The quantitative estimate of drug-likeness (QED) is 0.120. The zero-order valence-corrected chi connectivity index (χ0v) is 28.1. The normalized spacial score (nSPS) is 19.5. The minimum absolute atomic E-state index is 0.0964. The summed E-state index contributed by atoms with van der Waals surface area (Å²) >= 11 is 0. The molecule has 0 spiro atoms. The van der Waals surface area contributed by atoms with Crippen molar-refractivity contribution < 1.29 is 25.6 Å². The molecular weight excluding hydrogens is 617 g/mol. The molecule has 3 fully saturated rings. The van der Waals surface area contributed by atoms with E-state index in [0.29, 0.717) is 21.6 Å². The van der Waals surface area contributed by atoms with Crippen LogP contribution in [0.1, 0.15) is 131 Å². The van der Waals surface area contributed by atoms with Gasteiger partial charge in [-0.05, 0) is 73.0 Å². The Morgan fingerprint density at radius 2 is 0.913 bits per heavy atom. The highest BCUT2D eigenvalue weighted by atomic mass is 32.2. The Bertz CT molecular complexity index is 1870. The van der Waals surface area contributed by atoms with Crippen LogP contribution in [0.15, 0.2) is 70.5 Å². The third-order valence-electron chi connectivity index (χ3n) is 10.9. The van der Waals surface area contributed by atoms with Crippen molar-refractivity contribution in [1.29, 1.82) is 0 Å². The van der Waals surface area contributed by atoms with Crippen molar-refractivity contribution in [2.45, 2.75) is 124 Å². The molecule has 0 bridgehead atoms. The first-order valence-corrected chi connectivity index (χ1v) is 20.1. The van der Waals surface area contributed by atoms with Crippen LogP contribution < -0.4 is 4.18 Å². The van der Waals surface area contributed by atoms with Crippen molar-refractivity contribution in [3.8, 4) is 5.75 Å². The maximum absolute atomic E-state index is 15.0. The standard InChI is InChI=1S/C38H44O6S2/c39-45(40,41)37-32-22-12-10-20-30(32)36(31-21-11-13-23-33(31)37)44-46(42,43)38-34(27-16-6-2-7-17-27)24-29(26-14-4-1-5-15-26)25-35(38)28-18-8-3-9-19-28/h10-13,20-28H,1-9,14-19H2,(H,39,40,41). The van der Waals surface area contributed by atoms with Crippen LogP contribution in [-0.4, -0.2) is 21.4 Å². The van der Waals surface area contributed by atoms with Gasteiger partial charge in [-0.1, -0.05) is 118 Å². The second kappa shape index (κ2) is 12.9. The smallest absolute Gasteiger partial charge is 0.339 e.